The van der Waals surface area contributed by atoms with Gasteiger partial charge in [-0.3, -0.25) is 15.0 Å². The number of hydrogen-bond donors (Lipinski definition) is 2. The van der Waals surface area contributed by atoms with Crippen LogP contribution in [0.5, 0.6) is 0 Å². The van der Waals surface area contributed by atoms with Crippen LogP contribution in [-0.2, 0) is 6.54 Å². The van der Waals surface area contributed by atoms with Gasteiger partial charge in [0, 0.05) is 44.1 Å². The Bertz CT molecular complexity index is 1110. The average Bonchev–Trinajstić information content (AvgIpc) is 2.80. The maximum Gasteiger partial charge on any atom is 0.258 e. The van der Waals surface area contributed by atoms with Crippen molar-refractivity contribution in [2.75, 3.05) is 36.4 Å². The molecule has 7 heteroatoms. The van der Waals surface area contributed by atoms with Gasteiger partial charge in [-0.05, 0) is 66.7 Å². The summed E-state index contributed by atoms with van der Waals surface area (Å²) in [6.07, 6.45) is 0. The number of rotatable bonds is 5. The SMILES string of the molecule is Cc1ccc(C(=O)NC(=S)Nc2ccc(N3CCN(Cc4ccccc4)CC3)cc2)c(Cl)c1. The van der Waals surface area contributed by atoms with Crippen LogP contribution in [0.4, 0.5) is 11.4 Å². The highest BCUT2D eigenvalue weighted by molar-refractivity contribution is 7.80. The molecule has 1 saturated heterocycles. The molecular formula is C26H27ClN4OS. The Morgan fingerprint density at radius 3 is 2.33 bits per heavy atom. The lowest BCUT2D eigenvalue weighted by molar-refractivity contribution is 0.0978. The number of amides is 1. The molecule has 1 amide bonds. The maximum atomic E-state index is 12.4. The predicted molar refractivity (Wildman–Crippen MR) is 140 cm³/mol. The van der Waals surface area contributed by atoms with Gasteiger partial charge >= 0.3 is 0 Å². The van der Waals surface area contributed by atoms with E-state index >= 15 is 0 Å². The molecular weight excluding hydrogens is 452 g/mol. The van der Waals surface area contributed by atoms with Crippen LogP contribution in [0.2, 0.25) is 5.02 Å². The summed E-state index contributed by atoms with van der Waals surface area (Å²) >= 11 is 11.5. The van der Waals surface area contributed by atoms with E-state index in [0.717, 1.165) is 44.0 Å². The van der Waals surface area contributed by atoms with Gasteiger partial charge in [0.15, 0.2) is 5.11 Å². The number of hydrogen-bond acceptors (Lipinski definition) is 4. The first-order chi connectivity index (χ1) is 16.0. The van der Waals surface area contributed by atoms with Crippen LogP contribution < -0.4 is 15.5 Å². The molecule has 0 spiro atoms. The van der Waals surface area contributed by atoms with Gasteiger partial charge in [0.25, 0.3) is 5.91 Å². The fourth-order valence-corrected chi connectivity index (χ4v) is 4.43. The second kappa shape index (κ2) is 10.8. The predicted octanol–water partition coefficient (Wildman–Crippen LogP) is 5.10. The number of carbonyl (C=O) groups excluding carboxylic acids is 1. The van der Waals surface area contributed by atoms with Crippen molar-refractivity contribution >= 4 is 46.2 Å². The zero-order valence-electron chi connectivity index (χ0n) is 18.6. The fraction of sp³-hybridized carbons (Fsp3) is 0.231. The van der Waals surface area contributed by atoms with E-state index in [9.17, 15) is 4.79 Å². The van der Waals surface area contributed by atoms with E-state index < -0.39 is 0 Å². The minimum atomic E-state index is -0.331. The molecule has 5 nitrogen and oxygen atoms in total. The van der Waals surface area contributed by atoms with Gasteiger partial charge in [-0.1, -0.05) is 48.0 Å². The van der Waals surface area contributed by atoms with Crippen molar-refractivity contribution in [1.82, 2.24) is 10.2 Å². The minimum Gasteiger partial charge on any atom is -0.369 e. The molecule has 0 unspecified atom stereocenters. The lowest BCUT2D eigenvalue weighted by atomic mass is 10.1. The molecule has 33 heavy (non-hydrogen) atoms. The highest BCUT2D eigenvalue weighted by Gasteiger charge is 2.17. The molecule has 0 aromatic heterocycles. The smallest absolute Gasteiger partial charge is 0.258 e. The lowest BCUT2D eigenvalue weighted by Gasteiger charge is -2.36. The molecule has 1 heterocycles. The van der Waals surface area contributed by atoms with Gasteiger partial charge < -0.3 is 10.2 Å². The Balaban J connectivity index is 1.27. The Morgan fingerprint density at radius 1 is 0.970 bits per heavy atom. The Kier molecular flexibility index (Phi) is 7.60. The number of piperazine rings is 1. The molecule has 3 aromatic rings. The second-order valence-corrected chi connectivity index (χ2v) is 9.00. The third-order valence-electron chi connectivity index (χ3n) is 5.71. The van der Waals surface area contributed by atoms with Crippen molar-refractivity contribution in [2.24, 2.45) is 0 Å². The van der Waals surface area contributed by atoms with Gasteiger partial charge in [-0.15, -0.1) is 0 Å². The van der Waals surface area contributed by atoms with Crippen LogP contribution >= 0.6 is 23.8 Å². The highest BCUT2D eigenvalue weighted by Crippen LogP contribution is 2.21. The highest BCUT2D eigenvalue weighted by atomic mass is 35.5. The molecule has 0 atom stereocenters. The van der Waals surface area contributed by atoms with Crippen LogP contribution in [0.25, 0.3) is 0 Å². The summed E-state index contributed by atoms with van der Waals surface area (Å²) in [5.74, 6) is -0.331. The van der Waals surface area contributed by atoms with Crippen molar-refractivity contribution in [3.63, 3.8) is 0 Å². The van der Waals surface area contributed by atoms with Crippen LogP contribution in [0.3, 0.4) is 0 Å². The van der Waals surface area contributed by atoms with E-state index in [1.165, 1.54) is 11.3 Å². The molecule has 4 rings (SSSR count). The molecule has 0 radical (unpaired) electrons. The van der Waals surface area contributed by atoms with E-state index in [1.807, 2.05) is 25.1 Å². The molecule has 1 aliphatic rings. The third kappa shape index (κ3) is 6.32. The van der Waals surface area contributed by atoms with Gasteiger partial charge in [0.1, 0.15) is 0 Å². The van der Waals surface area contributed by atoms with Gasteiger partial charge in [-0.25, -0.2) is 0 Å². The third-order valence-corrected chi connectivity index (χ3v) is 6.22. The van der Waals surface area contributed by atoms with E-state index in [0.29, 0.717) is 10.6 Å². The fourth-order valence-electron chi connectivity index (χ4n) is 3.90. The zero-order chi connectivity index (χ0) is 23.2. The monoisotopic (exact) mass is 478 g/mol. The number of halogens is 1. The van der Waals surface area contributed by atoms with Crippen molar-refractivity contribution in [3.8, 4) is 0 Å². The number of thiocarbonyl (C=S) groups is 1. The van der Waals surface area contributed by atoms with Crippen LogP contribution in [0.15, 0.2) is 72.8 Å². The summed E-state index contributed by atoms with van der Waals surface area (Å²) in [7, 11) is 0. The van der Waals surface area contributed by atoms with Crippen molar-refractivity contribution < 1.29 is 4.79 Å². The minimum absolute atomic E-state index is 0.235. The van der Waals surface area contributed by atoms with E-state index in [1.54, 1.807) is 12.1 Å². The summed E-state index contributed by atoms with van der Waals surface area (Å²) in [4.78, 5) is 17.3. The first kappa shape index (κ1) is 23.2. The van der Waals surface area contributed by atoms with Gasteiger partial charge in [0.05, 0.1) is 10.6 Å². The largest absolute Gasteiger partial charge is 0.369 e. The van der Waals surface area contributed by atoms with Gasteiger partial charge in [0.2, 0.25) is 0 Å². The normalized spacial score (nSPS) is 14.1. The van der Waals surface area contributed by atoms with Crippen LogP contribution in [-0.4, -0.2) is 42.1 Å². The topological polar surface area (TPSA) is 47.6 Å². The summed E-state index contributed by atoms with van der Waals surface area (Å²) in [5, 5.41) is 6.40. The number of aryl methyl sites for hydroxylation is 1. The molecule has 170 valence electrons. The lowest BCUT2D eigenvalue weighted by Crippen LogP contribution is -2.45. The van der Waals surface area contributed by atoms with Crippen molar-refractivity contribution in [1.29, 1.82) is 0 Å². The summed E-state index contributed by atoms with van der Waals surface area (Å²) in [5.41, 5.74) is 4.75. The molecule has 1 fully saturated rings. The van der Waals surface area contributed by atoms with E-state index in [4.69, 9.17) is 23.8 Å². The number of benzene rings is 3. The Morgan fingerprint density at radius 2 is 1.67 bits per heavy atom. The zero-order valence-corrected chi connectivity index (χ0v) is 20.1. The summed E-state index contributed by atoms with van der Waals surface area (Å²) in [6, 6.07) is 24.0. The van der Waals surface area contributed by atoms with E-state index in [2.05, 4.69) is 62.9 Å². The number of nitrogens with one attached hydrogen (secondary N) is 2. The number of nitrogens with zero attached hydrogens (tertiary/aromatic N) is 2. The number of carbonyl (C=O) groups is 1. The number of anilines is 2. The average molecular weight is 479 g/mol. The van der Waals surface area contributed by atoms with Gasteiger partial charge in [-0.2, -0.15) is 0 Å². The second-order valence-electron chi connectivity index (χ2n) is 8.19. The van der Waals surface area contributed by atoms with Crippen LogP contribution in [0.1, 0.15) is 21.5 Å². The standard InChI is InChI=1S/C26H27ClN4OS/c1-19-7-12-23(24(27)17-19)25(32)29-26(33)28-21-8-10-22(11-9-21)31-15-13-30(14-16-31)18-20-5-3-2-4-6-20/h2-12,17H,13-16,18H2,1H3,(H2,28,29,32,33). The Labute approximate surface area is 205 Å². The van der Waals surface area contributed by atoms with Crippen LogP contribution in [0, 0.1) is 6.92 Å². The molecule has 0 bridgehead atoms. The summed E-state index contributed by atoms with van der Waals surface area (Å²) < 4.78 is 0. The maximum absolute atomic E-state index is 12.4. The molecule has 0 saturated carbocycles. The first-order valence-electron chi connectivity index (χ1n) is 11.0. The molecule has 2 N–H and O–H groups in total. The Hall–Kier alpha value is -2.93. The molecule has 0 aliphatic carbocycles. The van der Waals surface area contributed by atoms with E-state index in [-0.39, 0.29) is 11.0 Å². The first-order valence-corrected chi connectivity index (χ1v) is 11.8. The van der Waals surface area contributed by atoms with Crippen molar-refractivity contribution in [2.45, 2.75) is 13.5 Å². The molecule has 1 aliphatic heterocycles. The van der Waals surface area contributed by atoms with Crippen molar-refractivity contribution in [3.05, 3.63) is 94.5 Å². The summed E-state index contributed by atoms with van der Waals surface area (Å²) in [6.45, 7) is 6.97. The quantitative estimate of drug-likeness (QED) is 0.500. The molecule has 3 aromatic carbocycles.